The molecule has 6 rings (SSSR count). The van der Waals surface area contributed by atoms with Gasteiger partial charge in [0.2, 0.25) is 5.91 Å². The van der Waals surface area contributed by atoms with Gasteiger partial charge in [0, 0.05) is 63.9 Å². The van der Waals surface area contributed by atoms with Crippen molar-refractivity contribution >= 4 is 11.4 Å². The van der Waals surface area contributed by atoms with Crippen molar-refractivity contribution in [3.8, 4) is 11.3 Å². The van der Waals surface area contributed by atoms with Gasteiger partial charge in [-0.3, -0.25) is 9.78 Å². The Bertz CT molecular complexity index is 1620. The maximum Gasteiger partial charge on any atom is 0.217 e. The first-order chi connectivity index (χ1) is 20.6. The van der Waals surface area contributed by atoms with Crippen molar-refractivity contribution in [2.24, 2.45) is 11.7 Å². The molecule has 0 spiro atoms. The number of pyridine rings is 1. The van der Waals surface area contributed by atoms with E-state index in [1.165, 1.54) is 13.0 Å². The number of imidazole rings is 1. The number of ether oxygens (including phenoxy) is 1. The van der Waals surface area contributed by atoms with Crippen LogP contribution >= 0.6 is 0 Å². The number of halogens is 3. The normalized spacial score (nSPS) is 23.8. The van der Waals surface area contributed by atoms with Crippen LogP contribution in [0.1, 0.15) is 68.0 Å². The van der Waals surface area contributed by atoms with Crippen molar-refractivity contribution in [2.45, 2.75) is 69.6 Å². The molecule has 1 aliphatic heterocycles. The molecule has 1 saturated carbocycles. The van der Waals surface area contributed by atoms with Crippen molar-refractivity contribution in [1.82, 2.24) is 24.9 Å². The van der Waals surface area contributed by atoms with Crippen LogP contribution in [0.5, 0.6) is 0 Å². The number of fused-ring (bicyclic) bond motifs is 1. The van der Waals surface area contributed by atoms with Gasteiger partial charge < -0.3 is 15.8 Å². The summed E-state index contributed by atoms with van der Waals surface area (Å²) in [6.45, 7) is 4.01. The molecule has 1 saturated heterocycles. The van der Waals surface area contributed by atoms with E-state index in [1.54, 1.807) is 29.2 Å². The molecule has 0 unspecified atom stereocenters. The predicted octanol–water partition coefficient (Wildman–Crippen LogP) is 4.98. The third-order valence-electron chi connectivity index (χ3n) is 8.94. The van der Waals surface area contributed by atoms with Crippen molar-refractivity contribution in [1.29, 1.82) is 0 Å². The Morgan fingerprint density at radius 2 is 1.88 bits per heavy atom. The van der Waals surface area contributed by atoms with E-state index < -0.39 is 17.3 Å². The maximum absolute atomic E-state index is 15.4. The fourth-order valence-electron chi connectivity index (χ4n) is 6.73. The highest BCUT2D eigenvalue weighted by atomic mass is 19.1. The molecule has 2 fully saturated rings. The van der Waals surface area contributed by atoms with Crippen LogP contribution < -0.4 is 11.1 Å². The summed E-state index contributed by atoms with van der Waals surface area (Å²) in [6, 6.07) is 7.10. The molecule has 3 aromatic heterocycles. The number of benzene rings is 1. The number of nitrogens with one attached hydrogen (secondary N) is 1. The Balaban J connectivity index is 1.29. The van der Waals surface area contributed by atoms with Gasteiger partial charge in [-0.25, -0.2) is 22.7 Å². The molecule has 1 amide bonds. The van der Waals surface area contributed by atoms with Crippen LogP contribution in [0.25, 0.3) is 16.8 Å². The van der Waals surface area contributed by atoms with E-state index in [0.29, 0.717) is 24.2 Å². The summed E-state index contributed by atoms with van der Waals surface area (Å²) in [5, 5.41) is 7.56. The Hall–Kier alpha value is -3.83. The molecule has 2 aliphatic rings. The number of nitrogens with two attached hydrogens (primary N) is 1. The second-order valence-corrected chi connectivity index (χ2v) is 11.9. The summed E-state index contributed by atoms with van der Waals surface area (Å²) in [4.78, 5) is 20.6. The largest absolute Gasteiger partial charge is 0.381 e. The molecule has 43 heavy (non-hydrogen) atoms. The summed E-state index contributed by atoms with van der Waals surface area (Å²) in [7, 11) is 0. The second-order valence-electron chi connectivity index (χ2n) is 11.9. The smallest absolute Gasteiger partial charge is 0.217 e. The zero-order valence-electron chi connectivity index (χ0n) is 24.2. The van der Waals surface area contributed by atoms with E-state index in [4.69, 9.17) is 10.5 Å². The summed E-state index contributed by atoms with van der Waals surface area (Å²) >= 11 is 0. The molecular formula is C32H35F3N6O2. The lowest BCUT2D eigenvalue weighted by atomic mass is 9.72. The number of hydrogen-bond donors (Lipinski definition) is 2. The molecule has 11 heteroatoms. The molecule has 3 N–H and O–H groups in total. The van der Waals surface area contributed by atoms with Crippen molar-refractivity contribution in [2.75, 3.05) is 13.2 Å². The number of nitrogens with zero attached hydrogens (tertiary/aromatic N) is 4. The van der Waals surface area contributed by atoms with E-state index >= 15 is 13.2 Å². The van der Waals surface area contributed by atoms with Crippen molar-refractivity contribution < 1.29 is 22.7 Å². The summed E-state index contributed by atoms with van der Waals surface area (Å²) in [5.74, 6) is -0.902. The van der Waals surface area contributed by atoms with Crippen LogP contribution in [0.4, 0.5) is 13.2 Å². The maximum atomic E-state index is 15.4. The molecule has 1 aromatic carbocycles. The van der Waals surface area contributed by atoms with Crippen molar-refractivity contribution in [3.63, 3.8) is 0 Å². The first kappa shape index (κ1) is 29.3. The number of alkyl halides is 1. The lowest BCUT2D eigenvalue weighted by Gasteiger charge is -2.39. The fourth-order valence-corrected chi connectivity index (χ4v) is 6.73. The fraction of sp³-hybridized carbons (Fsp3) is 0.438. The highest BCUT2D eigenvalue weighted by Crippen LogP contribution is 2.40. The minimum atomic E-state index is -1.83. The Morgan fingerprint density at radius 3 is 2.58 bits per heavy atom. The first-order valence-corrected chi connectivity index (χ1v) is 14.7. The zero-order valence-corrected chi connectivity index (χ0v) is 24.2. The van der Waals surface area contributed by atoms with Gasteiger partial charge in [-0.15, -0.1) is 0 Å². The van der Waals surface area contributed by atoms with Crippen LogP contribution in [-0.4, -0.2) is 50.8 Å². The van der Waals surface area contributed by atoms with Gasteiger partial charge in [0.25, 0.3) is 0 Å². The number of aromatic nitrogens is 4. The minimum Gasteiger partial charge on any atom is -0.381 e. The van der Waals surface area contributed by atoms with Crippen molar-refractivity contribution in [3.05, 3.63) is 83.1 Å². The summed E-state index contributed by atoms with van der Waals surface area (Å²) in [5.41, 5.74) is 7.14. The molecule has 0 bridgehead atoms. The van der Waals surface area contributed by atoms with Gasteiger partial charge in [0.15, 0.2) is 0 Å². The lowest BCUT2D eigenvalue weighted by Crippen LogP contribution is -2.54. The molecular weight excluding hydrogens is 557 g/mol. The SMILES string of the molecule is CC(=O)N[C@@H]1[C@H](N)C[C@H](c2ccncc2Cc2ncc3ccc(-c4c(F)cc(C5(F)CCOCC5)cc4F)nn23)C[C@@H]1C. The van der Waals surface area contributed by atoms with Crippen LogP contribution in [0.3, 0.4) is 0 Å². The van der Waals surface area contributed by atoms with Crippen LogP contribution in [0, 0.1) is 17.6 Å². The standard InChI is InChI=1S/C32H35F3N6O2/c1-18-11-20(12-27(36)31(18)39-19(2)42)24-5-8-37-16-21(24)13-29-38-17-23-3-4-28(40-41(23)29)30-25(33)14-22(15-26(30)34)32(35)6-9-43-10-7-32/h3-5,8,14-18,20,27,31H,6-7,9-13,36H2,1-2H3,(H,39,42)/t18-,20+,27+,31-/m0/s1. The first-order valence-electron chi connectivity index (χ1n) is 14.7. The monoisotopic (exact) mass is 592 g/mol. The molecule has 4 aromatic rings. The van der Waals surface area contributed by atoms with E-state index in [0.717, 1.165) is 29.7 Å². The average molecular weight is 593 g/mol. The Labute approximate surface area is 247 Å². The molecule has 4 atom stereocenters. The third kappa shape index (κ3) is 5.75. The Morgan fingerprint density at radius 1 is 1.14 bits per heavy atom. The van der Waals surface area contributed by atoms with E-state index in [-0.39, 0.29) is 72.7 Å². The summed E-state index contributed by atoms with van der Waals surface area (Å²) in [6.07, 6.45) is 7.26. The van der Waals surface area contributed by atoms with Crippen LogP contribution in [0.2, 0.25) is 0 Å². The van der Waals surface area contributed by atoms with Crippen LogP contribution in [-0.2, 0) is 21.6 Å². The minimum absolute atomic E-state index is 0.0248. The second kappa shape index (κ2) is 11.7. The van der Waals surface area contributed by atoms with Gasteiger partial charge >= 0.3 is 0 Å². The van der Waals surface area contributed by atoms with Gasteiger partial charge in [-0.2, -0.15) is 5.10 Å². The highest BCUT2D eigenvalue weighted by molar-refractivity contribution is 5.73. The molecule has 1 aliphatic carbocycles. The summed E-state index contributed by atoms with van der Waals surface area (Å²) < 4.78 is 53.0. The molecule has 0 radical (unpaired) electrons. The number of amides is 1. The Kier molecular flexibility index (Phi) is 7.95. The number of carbonyl (C=O) groups excluding carboxylic acids is 1. The molecule has 4 heterocycles. The average Bonchev–Trinajstić information content (AvgIpc) is 3.37. The highest BCUT2D eigenvalue weighted by Gasteiger charge is 2.37. The quantitative estimate of drug-likeness (QED) is 0.327. The number of hydrogen-bond acceptors (Lipinski definition) is 6. The third-order valence-corrected chi connectivity index (χ3v) is 8.94. The topological polar surface area (TPSA) is 107 Å². The lowest BCUT2D eigenvalue weighted by molar-refractivity contribution is -0.120. The molecule has 8 nitrogen and oxygen atoms in total. The zero-order chi connectivity index (χ0) is 30.3. The number of carbonyl (C=O) groups is 1. The van der Waals surface area contributed by atoms with Gasteiger partial charge in [0.1, 0.15) is 23.1 Å². The van der Waals surface area contributed by atoms with Gasteiger partial charge in [-0.1, -0.05) is 6.92 Å². The van der Waals surface area contributed by atoms with Gasteiger partial charge in [0.05, 0.1) is 23.0 Å². The predicted molar refractivity (Wildman–Crippen MR) is 155 cm³/mol. The van der Waals surface area contributed by atoms with E-state index in [2.05, 4.69) is 27.3 Å². The van der Waals surface area contributed by atoms with Gasteiger partial charge in [-0.05, 0) is 71.7 Å². The van der Waals surface area contributed by atoms with E-state index in [1.807, 2.05) is 6.07 Å². The molecule has 226 valence electrons. The van der Waals surface area contributed by atoms with E-state index in [9.17, 15) is 4.79 Å². The number of rotatable bonds is 6. The van der Waals surface area contributed by atoms with Crippen LogP contribution in [0.15, 0.2) is 48.9 Å².